The molecule has 0 aliphatic rings. The van der Waals surface area contributed by atoms with Gasteiger partial charge in [-0.1, -0.05) is 19.1 Å². The van der Waals surface area contributed by atoms with Crippen molar-refractivity contribution in [1.29, 1.82) is 0 Å². The van der Waals surface area contributed by atoms with Crippen LogP contribution in [0.25, 0.3) is 11.5 Å². The van der Waals surface area contributed by atoms with Crippen molar-refractivity contribution in [3.63, 3.8) is 0 Å². The molecule has 0 radical (unpaired) electrons. The maximum atomic E-state index is 10.0. The molecule has 0 spiro atoms. The van der Waals surface area contributed by atoms with Crippen molar-refractivity contribution in [3.05, 3.63) is 53.9 Å². The Bertz CT molecular complexity index is 927. The fraction of sp³-hybridized carbons (Fsp3) is 0.348. The molecule has 30 heavy (non-hydrogen) atoms. The third-order valence-electron chi connectivity index (χ3n) is 4.82. The van der Waals surface area contributed by atoms with Crippen molar-refractivity contribution in [2.24, 2.45) is 0 Å². The van der Waals surface area contributed by atoms with Crippen LogP contribution in [0.15, 0.2) is 47.1 Å². The number of aromatic nitrogens is 1. The zero-order valence-corrected chi connectivity index (χ0v) is 17.8. The molecule has 0 amide bonds. The molecule has 7 nitrogen and oxygen atoms in total. The highest BCUT2D eigenvalue weighted by Crippen LogP contribution is 2.40. The molecule has 1 heterocycles. The predicted octanol–water partition coefficient (Wildman–Crippen LogP) is 4.14. The maximum Gasteiger partial charge on any atom is 0.226 e. The first kappa shape index (κ1) is 21.5. The first-order chi connectivity index (χ1) is 14.5. The smallest absolute Gasteiger partial charge is 0.226 e. The van der Waals surface area contributed by atoms with E-state index in [9.17, 15) is 5.11 Å². The molecule has 1 N–H and O–H groups in total. The highest BCUT2D eigenvalue weighted by Gasteiger charge is 2.15. The average Bonchev–Trinajstić information content (AvgIpc) is 3.24. The Balaban J connectivity index is 1.59. The van der Waals surface area contributed by atoms with E-state index in [1.165, 1.54) is 19.8 Å². The van der Waals surface area contributed by atoms with Gasteiger partial charge < -0.3 is 28.6 Å². The lowest BCUT2D eigenvalue weighted by atomic mass is 10.2. The quantitative estimate of drug-likeness (QED) is 0.536. The van der Waals surface area contributed by atoms with Crippen LogP contribution in [0.5, 0.6) is 23.0 Å². The maximum absolute atomic E-state index is 10.0. The summed E-state index contributed by atoms with van der Waals surface area (Å²) in [7, 11) is 5.05. The number of hydrogen-bond acceptors (Lipinski definition) is 7. The highest BCUT2D eigenvalue weighted by atomic mass is 16.5. The van der Waals surface area contributed by atoms with E-state index < -0.39 is 0 Å². The summed E-state index contributed by atoms with van der Waals surface area (Å²) in [6.07, 6.45) is 2.21. The third kappa shape index (κ3) is 5.24. The van der Waals surface area contributed by atoms with E-state index in [1.54, 1.807) is 18.4 Å². The highest BCUT2D eigenvalue weighted by molar-refractivity contribution is 5.65. The number of rotatable bonds is 10. The molecule has 0 unspecified atom stereocenters. The lowest BCUT2D eigenvalue weighted by Crippen LogP contribution is -2.16. The van der Waals surface area contributed by atoms with Gasteiger partial charge in [-0.15, -0.1) is 0 Å². The van der Waals surface area contributed by atoms with E-state index in [2.05, 4.69) is 36.0 Å². The van der Waals surface area contributed by atoms with Gasteiger partial charge in [-0.05, 0) is 43.4 Å². The Morgan fingerprint density at radius 1 is 1.07 bits per heavy atom. The summed E-state index contributed by atoms with van der Waals surface area (Å²) in [5, 5.41) is 10.0. The molecular formula is C23H28N2O5. The molecule has 0 saturated heterocycles. The van der Waals surface area contributed by atoms with Crippen LogP contribution in [-0.4, -0.2) is 49.4 Å². The van der Waals surface area contributed by atoms with Crippen molar-refractivity contribution >= 4 is 0 Å². The van der Waals surface area contributed by atoms with Crippen LogP contribution in [0, 0.1) is 0 Å². The van der Waals surface area contributed by atoms with Crippen molar-refractivity contribution in [3.8, 4) is 34.5 Å². The number of methoxy groups -OCH3 is 2. The Hall–Kier alpha value is -3.19. The van der Waals surface area contributed by atoms with Crippen LogP contribution in [0.2, 0.25) is 0 Å². The van der Waals surface area contributed by atoms with Gasteiger partial charge in [-0.2, -0.15) is 0 Å². The number of phenols is 1. The number of aromatic hydroxyl groups is 1. The summed E-state index contributed by atoms with van der Waals surface area (Å²) >= 11 is 0. The monoisotopic (exact) mass is 412 g/mol. The summed E-state index contributed by atoms with van der Waals surface area (Å²) in [6.45, 7) is 4.57. The van der Waals surface area contributed by atoms with Gasteiger partial charge in [0.2, 0.25) is 11.6 Å². The Morgan fingerprint density at radius 2 is 1.73 bits per heavy atom. The molecule has 0 aliphatic heterocycles. The van der Waals surface area contributed by atoms with Crippen LogP contribution in [-0.2, 0) is 13.0 Å². The van der Waals surface area contributed by atoms with Crippen LogP contribution in [0.4, 0.5) is 0 Å². The van der Waals surface area contributed by atoms with Crippen molar-refractivity contribution in [1.82, 2.24) is 9.88 Å². The number of phenolic OH excluding ortho intramolecular Hbond substituents is 1. The van der Waals surface area contributed by atoms with Gasteiger partial charge in [0.1, 0.15) is 12.0 Å². The average molecular weight is 412 g/mol. The zero-order chi connectivity index (χ0) is 21.5. The summed E-state index contributed by atoms with van der Waals surface area (Å²) < 4.78 is 21.8. The zero-order valence-electron chi connectivity index (χ0n) is 17.8. The number of nitrogens with zero attached hydrogens (tertiary/aromatic N) is 2. The SMILES string of the molecule is CCN(C)Cc1ccc(OCCc2coc(-c3cc(OC)c(O)c(OC)c3)n2)cc1. The van der Waals surface area contributed by atoms with E-state index in [1.807, 2.05) is 12.1 Å². The molecule has 0 saturated carbocycles. The molecule has 3 aromatic rings. The molecule has 2 aromatic carbocycles. The van der Waals surface area contributed by atoms with E-state index in [-0.39, 0.29) is 5.75 Å². The van der Waals surface area contributed by atoms with Crippen molar-refractivity contribution in [2.75, 3.05) is 34.4 Å². The summed E-state index contributed by atoms with van der Waals surface area (Å²) in [5.41, 5.74) is 2.69. The molecule has 3 rings (SSSR count). The number of ether oxygens (including phenoxy) is 3. The summed E-state index contributed by atoms with van der Waals surface area (Å²) in [4.78, 5) is 6.75. The van der Waals surface area contributed by atoms with Gasteiger partial charge in [0.15, 0.2) is 11.5 Å². The van der Waals surface area contributed by atoms with Crippen LogP contribution in [0.1, 0.15) is 18.2 Å². The first-order valence-electron chi connectivity index (χ1n) is 9.84. The van der Waals surface area contributed by atoms with Crippen molar-refractivity contribution < 1.29 is 23.7 Å². The van der Waals surface area contributed by atoms with E-state index >= 15 is 0 Å². The Morgan fingerprint density at radius 3 is 2.33 bits per heavy atom. The summed E-state index contributed by atoms with van der Waals surface area (Å²) in [6, 6.07) is 11.5. The van der Waals surface area contributed by atoms with Crippen LogP contribution >= 0.6 is 0 Å². The summed E-state index contributed by atoms with van der Waals surface area (Å²) in [5.74, 6) is 1.78. The number of hydrogen-bond donors (Lipinski definition) is 1. The fourth-order valence-corrected chi connectivity index (χ4v) is 2.96. The van der Waals surface area contributed by atoms with Gasteiger partial charge in [0, 0.05) is 18.5 Å². The molecule has 0 aliphatic carbocycles. The molecule has 1 aromatic heterocycles. The standard InChI is InChI=1S/C23H28N2O5/c1-5-25(2)14-16-6-8-19(9-7-16)29-11-10-18-15-30-23(24-18)17-12-20(27-3)22(26)21(13-17)28-4/h6-9,12-13,15,26H,5,10-11,14H2,1-4H3. The molecule has 0 atom stereocenters. The minimum Gasteiger partial charge on any atom is -0.502 e. The van der Waals surface area contributed by atoms with Crippen LogP contribution < -0.4 is 14.2 Å². The normalized spacial score (nSPS) is 11.0. The van der Waals surface area contributed by atoms with Gasteiger partial charge >= 0.3 is 0 Å². The van der Waals surface area contributed by atoms with E-state index in [4.69, 9.17) is 18.6 Å². The number of benzene rings is 2. The van der Waals surface area contributed by atoms with Crippen LogP contribution in [0.3, 0.4) is 0 Å². The second-order valence-electron chi connectivity index (χ2n) is 6.95. The van der Waals surface area contributed by atoms with Gasteiger partial charge in [0.25, 0.3) is 0 Å². The molecule has 0 bridgehead atoms. The van der Waals surface area contributed by atoms with E-state index in [0.29, 0.717) is 36.0 Å². The predicted molar refractivity (Wildman–Crippen MR) is 114 cm³/mol. The molecule has 160 valence electrons. The second kappa shape index (κ2) is 10.0. The number of oxazole rings is 1. The lowest BCUT2D eigenvalue weighted by Gasteiger charge is -2.14. The molecular weight excluding hydrogens is 384 g/mol. The van der Waals surface area contributed by atoms with Gasteiger partial charge in [-0.3, -0.25) is 0 Å². The van der Waals surface area contributed by atoms with E-state index in [0.717, 1.165) is 24.5 Å². The first-order valence-corrected chi connectivity index (χ1v) is 9.84. The van der Waals surface area contributed by atoms with Crippen molar-refractivity contribution in [2.45, 2.75) is 19.9 Å². The minimum atomic E-state index is -0.0590. The Kier molecular flexibility index (Phi) is 7.19. The second-order valence-corrected chi connectivity index (χ2v) is 6.95. The molecule has 7 heteroatoms. The largest absolute Gasteiger partial charge is 0.502 e. The third-order valence-corrected chi connectivity index (χ3v) is 4.82. The van der Waals surface area contributed by atoms with Gasteiger partial charge in [0.05, 0.1) is 26.5 Å². The lowest BCUT2D eigenvalue weighted by molar-refractivity contribution is 0.319. The molecule has 0 fully saturated rings. The topological polar surface area (TPSA) is 77.2 Å². The fourth-order valence-electron chi connectivity index (χ4n) is 2.96. The van der Waals surface area contributed by atoms with Gasteiger partial charge in [-0.25, -0.2) is 4.98 Å². The minimum absolute atomic E-state index is 0.0590. The Labute approximate surface area is 176 Å².